The molecule has 1 heterocycles. The van der Waals surface area contributed by atoms with Gasteiger partial charge in [0.05, 0.1) is 30.4 Å². The Morgan fingerprint density at radius 3 is 2.29 bits per heavy atom. The number of carbonyl (C=O) groups is 2. The molecule has 0 radical (unpaired) electrons. The number of halogens is 5. The molecular formula is C32H30Cl2F3N3O5. The van der Waals surface area contributed by atoms with E-state index in [0.717, 1.165) is 12.2 Å². The molecule has 45 heavy (non-hydrogen) atoms. The molecule has 0 saturated heterocycles. The second-order valence-corrected chi connectivity index (χ2v) is 11.8. The van der Waals surface area contributed by atoms with Crippen LogP contribution in [0.25, 0.3) is 16.8 Å². The van der Waals surface area contributed by atoms with Crippen molar-refractivity contribution in [3.63, 3.8) is 0 Å². The Balaban J connectivity index is 1.67. The van der Waals surface area contributed by atoms with Gasteiger partial charge in [0.1, 0.15) is 17.1 Å². The molecule has 4 rings (SSSR count). The van der Waals surface area contributed by atoms with Crippen LogP contribution < -0.4 is 14.8 Å². The first-order valence-corrected chi connectivity index (χ1v) is 14.5. The largest absolute Gasteiger partial charge is 0.497 e. The van der Waals surface area contributed by atoms with Gasteiger partial charge >= 0.3 is 12.1 Å². The molecule has 1 aliphatic rings. The molecule has 8 nitrogen and oxygen atoms in total. The number of nitrogens with zero attached hydrogens (tertiary/aromatic N) is 2. The van der Waals surface area contributed by atoms with Crippen LogP contribution in [-0.4, -0.2) is 47.1 Å². The summed E-state index contributed by atoms with van der Waals surface area (Å²) in [6, 6.07) is 11.5. The molecule has 0 unspecified atom stereocenters. The first-order chi connectivity index (χ1) is 21.1. The minimum absolute atomic E-state index is 0.0361. The number of ether oxygens (including phenoxy) is 3. The number of esters is 1. The smallest absolute Gasteiger partial charge is 0.419 e. The third-order valence-corrected chi connectivity index (χ3v) is 6.70. The van der Waals surface area contributed by atoms with Gasteiger partial charge in [-0.3, -0.25) is 9.59 Å². The van der Waals surface area contributed by atoms with Crippen LogP contribution in [0.15, 0.2) is 83.8 Å². The number of allylic oxidation sites excluding steroid dienone is 4. The van der Waals surface area contributed by atoms with Gasteiger partial charge in [0.15, 0.2) is 0 Å². The second kappa shape index (κ2) is 13.8. The van der Waals surface area contributed by atoms with Crippen LogP contribution in [0.4, 0.5) is 13.2 Å². The average molecular weight is 665 g/mol. The molecule has 3 aromatic rings. The number of hydrogen-bond donors (Lipinski definition) is 1. The molecule has 1 aromatic heterocycles. The number of aromatic nitrogens is 2. The number of carbonyl (C=O) groups excluding carboxylic acids is 2. The summed E-state index contributed by atoms with van der Waals surface area (Å²) in [5.41, 5.74) is -0.342. The van der Waals surface area contributed by atoms with E-state index in [-0.39, 0.29) is 30.8 Å². The Morgan fingerprint density at radius 2 is 1.69 bits per heavy atom. The summed E-state index contributed by atoms with van der Waals surface area (Å²) < 4.78 is 60.5. The van der Waals surface area contributed by atoms with Crippen molar-refractivity contribution in [2.45, 2.75) is 45.4 Å². The van der Waals surface area contributed by atoms with Gasteiger partial charge in [0.2, 0.25) is 11.8 Å². The number of benzene rings is 2. The van der Waals surface area contributed by atoms with Gasteiger partial charge in [0, 0.05) is 28.4 Å². The lowest BCUT2D eigenvalue weighted by atomic mass is 10.1. The molecule has 0 bridgehead atoms. The van der Waals surface area contributed by atoms with E-state index in [9.17, 15) is 22.8 Å². The van der Waals surface area contributed by atoms with Crippen molar-refractivity contribution in [3.8, 4) is 28.4 Å². The molecular weight excluding hydrogens is 634 g/mol. The van der Waals surface area contributed by atoms with Crippen molar-refractivity contribution in [2.75, 3.05) is 13.7 Å². The molecule has 2 aromatic carbocycles. The second-order valence-electron chi connectivity index (χ2n) is 10.9. The molecule has 1 N–H and O–H groups in total. The zero-order valence-electron chi connectivity index (χ0n) is 24.8. The quantitative estimate of drug-likeness (QED) is 0.235. The van der Waals surface area contributed by atoms with Gasteiger partial charge < -0.3 is 19.5 Å². The predicted octanol–water partition coefficient (Wildman–Crippen LogP) is 7.78. The minimum Gasteiger partial charge on any atom is -0.497 e. The van der Waals surface area contributed by atoms with Crippen molar-refractivity contribution >= 4 is 35.1 Å². The SMILES string of the molecule is COc1ccc(-c2cn(-c3cc(Cl)cc(Cl)c3)nc2OC2=CC=C(C(=O)NCCC(=O)OC(C)(C)C)CC=C2C(F)(F)F)cc1. The van der Waals surface area contributed by atoms with E-state index in [1.807, 2.05) is 0 Å². The maximum Gasteiger partial charge on any atom is 0.419 e. The number of rotatable bonds is 9. The van der Waals surface area contributed by atoms with Crippen molar-refractivity contribution in [3.05, 3.63) is 93.8 Å². The van der Waals surface area contributed by atoms with E-state index < -0.39 is 35.0 Å². The summed E-state index contributed by atoms with van der Waals surface area (Å²) in [4.78, 5) is 24.7. The lowest BCUT2D eigenvalue weighted by Crippen LogP contribution is -2.30. The lowest BCUT2D eigenvalue weighted by molar-refractivity contribution is -0.154. The van der Waals surface area contributed by atoms with E-state index in [4.69, 9.17) is 37.4 Å². The van der Waals surface area contributed by atoms with Crippen molar-refractivity contribution in [1.29, 1.82) is 0 Å². The zero-order valence-corrected chi connectivity index (χ0v) is 26.3. The normalized spacial score (nSPS) is 13.7. The van der Waals surface area contributed by atoms with E-state index in [1.165, 1.54) is 23.9 Å². The summed E-state index contributed by atoms with van der Waals surface area (Å²) in [6.07, 6.45) is -0.482. The molecule has 0 aliphatic heterocycles. The number of methoxy groups -OCH3 is 1. The van der Waals surface area contributed by atoms with Crippen molar-refractivity contribution in [2.24, 2.45) is 0 Å². The number of amides is 1. The first-order valence-electron chi connectivity index (χ1n) is 13.7. The lowest BCUT2D eigenvalue weighted by Gasteiger charge is -2.19. The van der Waals surface area contributed by atoms with Crippen LogP contribution in [0.5, 0.6) is 11.6 Å². The Hall–Kier alpha value is -4.22. The van der Waals surface area contributed by atoms with Gasteiger partial charge in [-0.2, -0.15) is 13.2 Å². The highest BCUT2D eigenvalue weighted by Gasteiger charge is 2.38. The van der Waals surface area contributed by atoms with Crippen LogP contribution in [-0.2, 0) is 14.3 Å². The fraction of sp³-hybridized carbons (Fsp3) is 0.281. The van der Waals surface area contributed by atoms with Gasteiger partial charge in [-0.15, -0.1) is 5.10 Å². The van der Waals surface area contributed by atoms with E-state index in [0.29, 0.717) is 32.6 Å². The monoisotopic (exact) mass is 663 g/mol. The van der Waals surface area contributed by atoms with Crippen molar-refractivity contribution in [1.82, 2.24) is 15.1 Å². The standard InChI is InChI=1S/C32H30Cl2F3N3O5/c1-31(2,3)45-28(41)13-14-38-29(42)20-7-11-26(32(35,36)37)27(12-8-20)44-30-25(19-5-9-24(43-4)10-6-19)18-40(39-30)23-16-21(33)15-22(34)17-23/h5-6,8-12,15-18H,7,13-14H2,1-4H3,(H,38,42). The Morgan fingerprint density at radius 1 is 1.02 bits per heavy atom. The van der Waals surface area contributed by atoms with Gasteiger partial charge in [-0.05, 0) is 75.2 Å². The molecule has 1 amide bonds. The van der Waals surface area contributed by atoms with Crippen LogP contribution in [0.3, 0.4) is 0 Å². The molecule has 0 saturated carbocycles. The summed E-state index contributed by atoms with van der Waals surface area (Å²) in [5.74, 6) is -1.28. The van der Waals surface area contributed by atoms with E-state index >= 15 is 0 Å². The van der Waals surface area contributed by atoms with Gasteiger partial charge in [-0.25, -0.2) is 4.68 Å². The molecule has 0 fully saturated rings. The number of nitrogens with one attached hydrogen (secondary N) is 1. The average Bonchev–Trinajstić information content (AvgIpc) is 3.23. The fourth-order valence-electron chi connectivity index (χ4n) is 4.25. The molecule has 0 atom stereocenters. The summed E-state index contributed by atoms with van der Waals surface area (Å²) in [5, 5.41) is 7.64. The highest BCUT2D eigenvalue weighted by molar-refractivity contribution is 6.34. The highest BCUT2D eigenvalue weighted by atomic mass is 35.5. The topological polar surface area (TPSA) is 91.7 Å². The molecule has 1 aliphatic carbocycles. The molecule has 13 heteroatoms. The highest BCUT2D eigenvalue weighted by Crippen LogP contribution is 2.38. The minimum atomic E-state index is -4.81. The summed E-state index contributed by atoms with van der Waals surface area (Å²) >= 11 is 12.4. The van der Waals surface area contributed by atoms with Crippen LogP contribution in [0.2, 0.25) is 10.0 Å². The Bertz CT molecular complexity index is 1650. The fourth-order valence-corrected chi connectivity index (χ4v) is 4.77. The molecule has 0 spiro atoms. The van der Waals surface area contributed by atoms with Crippen LogP contribution >= 0.6 is 23.2 Å². The van der Waals surface area contributed by atoms with Gasteiger partial charge in [0.25, 0.3) is 0 Å². The maximum atomic E-state index is 14.3. The number of hydrogen-bond acceptors (Lipinski definition) is 6. The third kappa shape index (κ3) is 9.15. The predicted molar refractivity (Wildman–Crippen MR) is 165 cm³/mol. The summed E-state index contributed by atoms with van der Waals surface area (Å²) in [6.45, 7) is 5.10. The van der Waals surface area contributed by atoms with Crippen LogP contribution in [0.1, 0.15) is 33.6 Å². The van der Waals surface area contributed by atoms with E-state index in [2.05, 4.69) is 10.4 Å². The van der Waals surface area contributed by atoms with Crippen LogP contribution in [0, 0.1) is 0 Å². The third-order valence-electron chi connectivity index (χ3n) is 6.26. The first kappa shape index (κ1) is 33.7. The Labute approximate surface area is 268 Å². The van der Waals surface area contributed by atoms with Gasteiger partial charge in [-0.1, -0.05) is 41.4 Å². The zero-order chi connectivity index (χ0) is 32.9. The van der Waals surface area contributed by atoms with E-state index in [1.54, 1.807) is 63.4 Å². The molecule has 238 valence electrons. The Kier molecular flexibility index (Phi) is 10.3. The maximum absolute atomic E-state index is 14.3. The summed E-state index contributed by atoms with van der Waals surface area (Å²) in [7, 11) is 1.51. The van der Waals surface area contributed by atoms with Crippen molar-refractivity contribution < 1.29 is 37.0 Å². The number of alkyl halides is 3.